The molecule has 0 aliphatic heterocycles. The fourth-order valence-corrected chi connectivity index (χ4v) is 7.28. The fourth-order valence-electron chi connectivity index (χ4n) is 2.83. The molecule has 0 radical (unpaired) electrons. The van der Waals surface area contributed by atoms with Crippen molar-refractivity contribution in [2.45, 2.75) is 39.8 Å². The van der Waals surface area contributed by atoms with Gasteiger partial charge in [0.1, 0.15) is 0 Å². The Labute approximate surface area is 112 Å². The van der Waals surface area contributed by atoms with Crippen molar-refractivity contribution in [2.24, 2.45) is 5.41 Å². The van der Waals surface area contributed by atoms with Crippen LogP contribution in [0.5, 0.6) is 0 Å². The van der Waals surface area contributed by atoms with E-state index in [1.165, 1.54) is 11.1 Å². The summed E-state index contributed by atoms with van der Waals surface area (Å²) in [5.41, 5.74) is 3.28. The molecule has 0 atom stereocenters. The topological polar surface area (TPSA) is 52.6 Å². The molecule has 1 aliphatic carbocycles. The van der Waals surface area contributed by atoms with Crippen molar-refractivity contribution in [3.05, 3.63) is 20.6 Å². The summed E-state index contributed by atoms with van der Waals surface area (Å²) in [6, 6.07) is 0. The Kier molecular flexibility index (Phi) is 4.24. The van der Waals surface area contributed by atoms with Crippen molar-refractivity contribution in [1.29, 1.82) is 0 Å². The van der Waals surface area contributed by atoms with Crippen LogP contribution >= 0.6 is 0 Å². The van der Waals surface area contributed by atoms with Crippen molar-refractivity contribution < 1.29 is 33.6 Å². The molecule has 0 aromatic rings. The average molecular weight is 288 g/mol. The van der Waals surface area contributed by atoms with Crippen molar-refractivity contribution in [2.75, 3.05) is 0 Å². The van der Waals surface area contributed by atoms with Crippen LogP contribution in [-0.4, -0.2) is 12.9 Å². The molecule has 0 saturated heterocycles. The van der Waals surface area contributed by atoms with Crippen LogP contribution in [0.2, 0.25) is 5.23 Å². The predicted molar refractivity (Wildman–Crippen MR) is 65.0 cm³/mol. The maximum atomic E-state index is 10.7. The zero-order chi connectivity index (χ0) is 14.1. The van der Waals surface area contributed by atoms with E-state index in [1.54, 1.807) is 5.23 Å². The molecule has 0 bridgehead atoms. The number of hydrogen-bond donors (Lipinski definition) is 0. The molecule has 0 aromatic carbocycles. The van der Waals surface area contributed by atoms with E-state index in [0.717, 1.165) is 9.45 Å². The van der Waals surface area contributed by atoms with Crippen LogP contribution in [0.1, 0.15) is 34.6 Å². The summed E-state index contributed by atoms with van der Waals surface area (Å²) in [5, 5.41) is 1.77. The minimum absolute atomic E-state index is 0.227. The van der Waals surface area contributed by atoms with E-state index in [9.17, 15) is 9.59 Å². The number of allylic oxidation sites excluding steroid dienone is 4. The second-order valence-electron chi connectivity index (χ2n) is 5.25. The van der Waals surface area contributed by atoms with Gasteiger partial charge >= 0.3 is 112 Å². The Hall–Kier alpha value is -0.866. The van der Waals surface area contributed by atoms with Crippen LogP contribution in [0.25, 0.3) is 0 Å². The maximum absolute atomic E-state index is 10.7. The van der Waals surface area contributed by atoms with Crippen molar-refractivity contribution in [3.8, 4) is 0 Å². The third-order valence-electron chi connectivity index (χ3n) is 4.06. The molecule has 1 rings (SSSR count). The SMILES string of the molecule is CC1=C(C)C(C)(C)[C]([Ti]([CH3])([O]C=O)[O]C=O)=C1C. The summed E-state index contributed by atoms with van der Waals surface area (Å²) in [5.74, 6) is 0. The third-order valence-corrected chi connectivity index (χ3v) is 8.75. The van der Waals surface area contributed by atoms with Crippen molar-refractivity contribution >= 4 is 12.9 Å². The fraction of sp³-hybridized carbons (Fsp3) is 0.538. The second kappa shape index (κ2) is 5.02. The van der Waals surface area contributed by atoms with E-state index >= 15 is 0 Å². The van der Waals surface area contributed by atoms with Gasteiger partial charge in [0.25, 0.3) is 0 Å². The van der Waals surface area contributed by atoms with Gasteiger partial charge < -0.3 is 0 Å². The molecule has 0 N–H and O–H groups in total. The van der Waals surface area contributed by atoms with Gasteiger partial charge in [-0.3, -0.25) is 0 Å². The summed E-state index contributed by atoms with van der Waals surface area (Å²) in [7, 11) is 0. The van der Waals surface area contributed by atoms with Crippen LogP contribution in [0, 0.1) is 5.41 Å². The normalized spacial score (nSPS) is 19.0. The quantitative estimate of drug-likeness (QED) is 0.576. The number of rotatable bonds is 5. The second-order valence-corrected chi connectivity index (χ2v) is 9.72. The Balaban J connectivity index is 3.39. The molecule has 0 unspecified atom stereocenters. The van der Waals surface area contributed by atoms with Gasteiger partial charge in [-0.2, -0.15) is 0 Å². The van der Waals surface area contributed by atoms with E-state index in [1.807, 2.05) is 13.8 Å². The number of hydrogen-bond acceptors (Lipinski definition) is 4. The molecular weight excluding hydrogens is 268 g/mol. The molecule has 1 aliphatic rings. The zero-order valence-electron chi connectivity index (χ0n) is 11.8. The molecule has 0 amide bonds. The van der Waals surface area contributed by atoms with Crippen LogP contribution in [0.15, 0.2) is 20.6 Å². The van der Waals surface area contributed by atoms with E-state index < -0.39 is 17.4 Å². The van der Waals surface area contributed by atoms with Gasteiger partial charge in [0, 0.05) is 0 Å². The summed E-state index contributed by atoms with van der Waals surface area (Å²) in [6.45, 7) is 11.0. The zero-order valence-corrected chi connectivity index (χ0v) is 13.3. The van der Waals surface area contributed by atoms with E-state index in [0.29, 0.717) is 12.9 Å². The van der Waals surface area contributed by atoms with Crippen LogP contribution in [-0.2, 0) is 33.6 Å². The van der Waals surface area contributed by atoms with E-state index in [2.05, 4.69) is 20.8 Å². The molecule has 0 spiro atoms. The Bertz CT molecular complexity index is 436. The average Bonchev–Trinajstić information content (AvgIpc) is 2.40. The standard InChI is InChI=1S/C10H15.2CH2O2.CH3.Ti/c1-7-6-10(4,5)9(3)8(7)2;2*2-1-3;;/h1-5H3;2*1H,(H,2,3);1H3;/q;;;;+2/p-2. The van der Waals surface area contributed by atoms with Gasteiger partial charge in [-0.15, -0.1) is 0 Å². The minimum atomic E-state index is -3.57. The van der Waals surface area contributed by atoms with Gasteiger partial charge in [-0.25, -0.2) is 0 Å². The van der Waals surface area contributed by atoms with Gasteiger partial charge in [-0.05, 0) is 0 Å². The molecule has 100 valence electrons. The van der Waals surface area contributed by atoms with Crippen LogP contribution in [0.3, 0.4) is 0 Å². The van der Waals surface area contributed by atoms with Crippen molar-refractivity contribution in [3.63, 3.8) is 0 Å². The van der Waals surface area contributed by atoms with E-state index in [-0.39, 0.29) is 5.41 Å². The Morgan fingerprint density at radius 1 is 1.00 bits per heavy atom. The molecular formula is C13H20O4Ti. The Morgan fingerprint density at radius 2 is 1.44 bits per heavy atom. The first-order valence-electron chi connectivity index (χ1n) is 5.85. The molecule has 4 nitrogen and oxygen atoms in total. The summed E-state index contributed by atoms with van der Waals surface area (Å²) < 4.78 is 11.4. The molecule has 5 heteroatoms. The molecule has 0 aromatic heterocycles. The Morgan fingerprint density at radius 3 is 1.72 bits per heavy atom. The third kappa shape index (κ3) is 2.19. The van der Waals surface area contributed by atoms with Gasteiger partial charge in [-0.1, -0.05) is 0 Å². The molecule has 0 saturated carbocycles. The molecule has 0 heterocycles. The predicted octanol–water partition coefficient (Wildman–Crippen LogP) is 3.01. The summed E-state index contributed by atoms with van der Waals surface area (Å²) in [4.78, 5) is 21.5. The first kappa shape index (κ1) is 15.2. The summed E-state index contributed by atoms with van der Waals surface area (Å²) >= 11 is -3.57. The first-order chi connectivity index (χ1) is 8.22. The monoisotopic (exact) mass is 288 g/mol. The van der Waals surface area contributed by atoms with Crippen molar-refractivity contribution in [1.82, 2.24) is 0 Å². The number of carbonyl (C=O) groups excluding carboxylic acids is 2. The number of carbonyl (C=O) groups is 2. The van der Waals surface area contributed by atoms with E-state index in [4.69, 9.17) is 6.64 Å². The molecule has 18 heavy (non-hydrogen) atoms. The van der Waals surface area contributed by atoms with Crippen LogP contribution < -0.4 is 0 Å². The first-order valence-corrected chi connectivity index (χ1v) is 9.47. The molecule has 0 fully saturated rings. The van der Waals surface area contributed by atoms with Crippen LogP contribution in [0.4, 0.5) is 0 Å². The van der Waals surface area contributed by atoms with Gasteiger partial charge in [0.05, 0.1) is 0 Å². The van der Waals surface area contributed by atoms with Gasteiger partial charge in [0.2, 0.25) is 0 Å². The van der Waals surface area contributed by atoms with Gasteiger partial charge in [0.15, 0.2) is 0 Å². The summed E-state index contributed by atoms with van der Waals surface area (Å²) in [6.07, 6.45) is 0.